The van der Waals surface area contributed by atoms with Crippen molar-refractivity contribution in [2.75, 3.05) is 7.11 Å². The third-order valence-electron chi connectivity index (χ3n) is 5.51. The van der Waals surface area contributed by atoms with Crippen molar-refractivity contribution in [1.82, 2.24) is 4.90 Å². The van der Waals surface area contributed by atoms with Crippen molar-refractivity contribution in [3.05, 3.63) is 94.9 Å². The molecule has 5 rings (SSSR count). The Hall–Kier alpha value is -3.57. The molecule has 1 fully saturated rings. The average Bonchev–Trinajstić information content (AvgIpc) is 3.07. The normalized spacial score (nSPS) is 15.4. The van der Waals surface area contributed by atoms with Crippen molar-refractivity contribution in [2.45, 2.75) is 6.54 Å². The van der Waals surface area contributed by atoms with E-state index < -0.39 is 0 Å². The second kappa shape index (κ2) is 7.93. The predicted molar refractivity (Wildman–Crippen MR) is 126 cm³/mol. The zero-order valence-corrected chi connectivity index (χ0v) is 17.7. The lowest BCUT2D eigenvalue weighted by atomic mass is 10.0. The lowest BCUT2D eigenvalue weighted by Crippen LogP contribution is -2.27. The van der Waals surface area contributed by atoms with Crippen LogP contribution in [0.2, 0.25) is 0 Å². The van der Waals surface area contributed by atoms with Gasteiger partial charge < -0.3 is 4.74 Å². The van der Waals surface area contributed by atoms with Gasteiger partial charge in [0.2, 0.25) is 0 Å². The van der Waals surface area contributed by atoms with Crippen molar-refractivity contribution >= 4 is 50.5 Å². The van der Waals surface area contributed by atoms with E-state index in [9.17, 15) is 9.59 Å². The zero-order valence-electron chi connectivity index (χ0n) is 16.9. The zero-order chi connectivity index (χ0) is 21.4. The molecule has 0 unspecified atom stereocenters. The van der Waals surface area contributed by atoms with Crippen molar-refractivity contribution < 1.29 is 14.3 Å². The van der Waals surface area contributed by atoms with Crippen molar-refractivity contribution in [1.29, 1.82) is 0 Å². The molecular weight excluding hydrogens is 406 g/mol. The van der Waals surface area contributed by atoms with Crippen molar-refractivity contribution in [3.63, 3.8) is 0 Å². The number of amides is 2. The summed E-state index contributed by atoms with van der Waals surface area (Å²) in [5, 5.41) is 3.83. The minimum atomic E-state index is -0.261. The van der Waals surface area contributed by atoms with Gasteiger partial charge in [-0.3, -0.25) is 14.5 Å². The summed E-state index contributed by atoms with van der Waals surface area (Å²) >= 11 is 0.987. The highest BCUT2D eigenvalue weighted by Crippen LogP contribution is 2.36. The molecule has 31 heavy (non-hydrogen) atoms. The highest BCUT2D eigenvalue weighted by atomic mass is 32.2. The molecule has 2 amide bonds. The molecule has 1 saturated heterocycles. The standard InChI is InChI=1S/C26H19NO3S/c1-30-23-14-13-18(21-11-4-5-12-22(21)23)15-24-25(28)27(26(29)31-24)16-19-9-6-8-17-7-2-3-10-20(17)19/h2-15H,16H2,1H3/b24-15+. The molecule has 4 nitrogen and oxygen atoms in total. The smallest absolute Gasteiger partial charge is 0.293 e. The van der Waals surface area contributed by atoms with Crippen LogP contribution in [-0.4, -0.2) is 23.2 Å². The average molecular weight is 426 g/mol. The molecule has 0 bridgehead atoms. The largest absolute Gasteiger partial charge is 0.496 e. The van der Waals surface area contributed by atoms with Crippen LogP contribution in [0, 0.1) is 0 Å². The second-order valence-corrected chi connectivity index (χ2v) is 8.30. The molecule has 0 aliphatic carbocycles. The van der Waals surface area contributed by atoms with E-state index in [-0.39, 0.29) is 17.7 Å². The molecule has 1 aliphatic heterocycles. The molecule has 4 aromatic carbocycles. The molecule has 4 aromatic rings. The molecule has 5 heteroatoms. The first-order chi connectivity index (χ1) is 15.2. The van der Waals surface area contributed by atoms with Gasteiger partial charge in [0.1, 0.15) is 5.75 Å². The number of thioether (sulfide) groups is 1. The molecular formula is C26H19NO3S. The number of methoxy groups -OCH3 is 1. The Morgan fingerprint density at radius 3 is 2.35 bits per heavy atom. The van der Waals surface area contributed by atoms with Crippen LogP contribution in [0.5, 0.6) is 5.75 Å². The van der Waals surface area contributed by atoms with Gasteiger partial charge in [0.15, 0.2) is 0 Å². The van der Waals surface area contributed by atoms with E-state index in [1.165, 1.54) is 4.90 Å². The van der Waals surface area contributed by atoms with Gasteiger partial charge in [0.25, 0.3) is 11.1 Å². The van der Waals surface area contributed by atoms with E-state index in [0.29, 0.717) is 4.91 Å². The minimum Gasteiger partial charge on any atom is -0.496 e. The van der Waals surface area contributed by atoms with E-state index in [4.69, 9.17) is 4.74 Å². The first-order valence-corrected chi connectivity index (χ1v) is 10.7. The lowest BCUT2D eigenvalue weighted by molar-refractivity contribution is -0.123. The molecule has 0 spiro atoms. The third kappa shape index (κ3) is 3.47. The fraction of sp³-hybridized carbons (Fsp3) is 0.0769. The maximum Gasteiger partial charge on any atom is 0.293 e. The quantitative estimate of drug-likeness (QED) is 0.363. The number of ether oxygens (including phenoxy) is 1. The Balaban J connectivity index is 1.50. The van der Waals surface area contributed by atoms with E-state index in [1.807, 2.05) is 78.9 Å². The Morgan fingerprint density at radius 1 is 0.839 bits per heavy atom. The van der Waals surface area contributed by atoms with Gasteiger partial charge in [-0.25, -0.2) is 0 Å². The number of fused-ring (bicyclic) bond motifs is 2. The second-order valence-electron chi connectivity index (χ2n) is 7.31. The number of benzene rings is 4. The van der Waals surface area contributed by atoms with E-state index in [2.05, 4.69) is 0 Å². The SMILES string of the molecule is COc1ccc(/C=C2/SC(=O)N(Cc3cccc4ccccc34)C2=O)c2ccccc12. The highest BCUT2D eigenvalue weighted by molar-refractivity contribution is 8.18. The van der Waals surface area contributed by atoms with E-state index in [1.54, 1.807) is 13.2 Å². The van der Waals surface area contributed by atoms with Crippen LogP contribution < -0.4 is 4.74 Å². The fourth-order valence-corrected chi connectivity index (χ4v) is 4.81. The highest BCUT2D eigenvalue weighted by Gasteiger charge is 2.35. The number of nitrogens with zero attached hydrogens (tertiary/aromatic N) is 1. The summed E-state index contributed by atoms with van der Waals surface area (Å²) in [5.41, 5.74) is 1.84. The monoisotopic (exact) mass is 425 g/mol. The number of carbonyl (C=O) groups excluding carboxylic acids is 2. The number of carbonyl (C=O) groups is 2. The van der Waals surface area contributed by atoms with Gasteiger partial charge in [-0.1, -0.05) is 72.8 Å². The van der Waals surface area contributed by atoms with Crippen LogP contribution in [0.15, 0.2) is 83.8 Å². The van der Waals surface area contributed by atoms with Crippen LogP contribution in [-0.2, 0) is 11.3 Å². The summed E-state index contributed by atoms with van der Waals surface area (Å²) in [4.78, 5) is 27.6. The summed E-state index contributed by atoms with van der Waals surface area (Å²) in [6.45, 7) is 0.257. The molecule has 0 aromatic heterocycles. The van der Waals surface area contributed by atoms with Crippen molar-refractivity contribution in [2.24, 2.45) is 0 Å². The topological polar surface area (TPSA) is 46.6 Å². The van der Waals surface area contributed by atoms with Crippen LogP contribution in [0.1, 0.15) is 11.1 Å². The van der Waals surface area contributed by atoms with Gasteiger partial charge in [-0.2, -0.15) is 0 Å². The summed E-state index contributed by atoms with van der Waals surface area (Å²) in [6, 6.07) is 25.6. The van der Waals surface area contributed by atoms with Gasteiger partial charge in [-0.15, -0.1) is 0 Å². The van der Waals surface area contributed by atoms with Crippen LogP contribution >= 0.6 is 11.8 Å². The van der Waals surface area contributed by atoms with Crippen molar-refractivity contribution in [3.8, 4) is 5.75 Å². The molecule has 0 radical (unpaired) electrons. The Bertz CT molecular complexity index is 1370. The Kier molecular flexibility index (Phi) is 4.96. The summed E-state index contributed by atoms with van der Waals surface area (Å²) in [5.74, 6) is 0.514. The molecule has 0 saturated carbocycles. The van der Waals surface area contributed by atoms with Crippen LogP contribution in [0.25, 0.3) is 27.6 Å². The molecule has 152 valence electrons. The molecule has 1 aliphatic rings. The van der Waals surface area contributed by atoms with E-state index >= 15 is 0 Å². The Labute approximate surface area is 184 Å². The summed E-state index contributed by atoms with van der Waals surface area (Å²) in [6.07, 6.45) is 1.80. The first-order valence-electron chi connectivity index (χ1n) is 9.93. The van der Waals surface area contributed by atoms with Crippen LogP contribution in [0.4, 0.5) is 4.79 Å². The lowest BCUT2D eigenvalue weighted by Gasteiger charge is -2.14. The van der Waals surface area contributed by atoms with Crippen LogP contribution in [0.3, 0.4) is 0 Å². The van der Waals surface area contributed by atoms with Gasteiger partial charge >= 0.3 is 0 Å². The maximum absolute atomic E-state index is 13.1. The predicted octanol–water partition coefficient (Wildman–Crippen LogP) is 6.24. The number of hydrogen-bond acceptors (Lipinski definition) is 4. The maximum atomic E-state index is 13.1. The first kappa shape index (κ1) is 19.4. The summed E-state index contributed by atoms with van der Waals surface area (Å²) < 4.78 is 5.45. The third-order valence-corrected chi connectivity index (χ3v) is 6.41. The minimum absolute atomic E-state index is 0.248. The van der Waals surface area contributed by atoms with E-state index in [0.717, 1.165) is 50.2 Å². The molecule has 0 N–H and O–H groups in total. The van der Waals surface area contributed by atoms with Gasteiger partial charge in [0.05, 0.1) is 18.6 Å². The molecule has 1 heterocycles. The number of imide groups is 1. The number of rotatable bonds is 4. The van der Waals surface area contributed by atoms with Gasteiger partial charge in [0, 0.05) is 5.39 Å². The molecule has 0 atom stereocenters. The van der Waals surface area contributed by atoms with Gasteiger partial charge in [-0.05, 0) is 51.2 Å². The Morgan fingerprint density at radius 2 is 1.55 bits per heavy atom. The summed E-state index contributed by atoms with van der Waals surface area (Å²) in [7, 11) is 1.64. The fourth-order valence-electron chi connectivity index (χ4n) is 3.98. The number of hydrogen-bond donors (Lipinski definition) is 0.